The molecule has 0 aliphatic carbocycles. The third-order valence-corrected chi connectivity index (χ3v) is 17.4. The monoisotopic (exact) mass is 1170 g/mol. The molecular formula is C77H146O6. The fourth-order valence-corrected chi connectivity index (χ4v) is 11.7. The predicted molar refractivity (Wildman–Crippen MR) is 363 cm³/mol. The zero-order valence-electron chi connectivity index (χ0n) is 56.5. The first-order valence-corrected chi connectivity index (χ1v) is 37.8. The minimum absolute atomic E-state index is 0.0702. The van der Waals surface area contributed by atoms with Crippen LogP contribution in [0.5, 0.6) is 0 Å². The van der Waals surface area contributed by atoms with E-state index in [0.29, 0.717) is 19.3 Å². The Hall–Kier alpha value is -2.11. The third-order valence-electron chi connectivity index (χ3n) is 17.4. The van der Waals surface area contributed by atoms with Gasteiger partial charge in [0.1, 0.15) is 13.2 Å². The molecule has 0 amide bonds. The molecule has 0 aromatic carbocycles. The average Bonchev–Trinajstić information content (AvgIpc) is 3.49. The minimum atomic E-state index is -0.776. The summed E-state index contributed by atoms with van der Waals surface area (Å²) in [5.41, 5.74) is 0. The molecule has 83 heavy (non-hydrogen) atoms. The first-order valence-electron chi connectivity index (χ1n) is 37.8. The van der Waals surface area contributed by atoms with Crippen LogP contribution in [-0.2, 0) is 28.6 Å². The van der Waals surface area contributed by atoms with E-state index in [9.17, 15) is 14.4 Å². The van der Waals surface area contributed by atoms with Crippen LogP contribution < -0.4 is 0 Å². The molecule has 0 aromatic rings. The maximum Gasteiger partial charge on any atom is 0.306 e. The number of unbranched alkanes of at least 4 members (excludes halogenated alkanes) is 56. The summed E-state index contributed by atoms with van der Waals surface area (Å²) in [5.74, 6) is -0.851. The molecule has 0 bridgehead atoms. The van der Waals surface area contributed by atoms with Gasteiger partial charge in [0.05, 0.1) is 0 Å². The number of allylic oxidation sites excluding steroid dienone is 4. The highest BCUT2D eigenvalue weighted by Crippen LogP contribution is 2.19. The van der Waals surface area contributed by atoms with Gasteiger partial charge in [-0.1, -0.05) is 366 Å². The zero-order chi connectivity index (χ0) is 59.9. The van der Waals surface area contributed by atoms with Gasteiger partial charge in [-0.25, -0.2) is 0 Å². The standard InChI is InChI=1S/C77H146O6/c1-4-7-10-13-16-19-22-25-28-30-32-33-34-35-36-37-38-39-40-41-42-43-44-45-47-49-52-55-58-61-64-67-70-76(79)82-73-74(72-81-75(78)69-66-63-60-57-54-51-48-27-24-21-18-15-12-9-6-3)83-77(80)71-68-65-62-59-56-53-50-46-31-29-26-23-20-17-14-11-8-5-2/h27,29,31,48,74H,4-26,28,30,32-47,49-73H2,1-3H3/b31-29-,48-27-. The van der Waals surface area contributed by atoms with Crippen LogP contribution in [0.15, 0.2) is 24.3 Å². The predicted octanol–water partition coefficient (Wildman–Crippen LogP) is 26.1. The van der Waals surface area contributed by atoms with Crippen LogP contribution in [-0.4, -0.2) is 37.2 Å². The highest BCUT2D eigenvalue weighted by atomic mass is 16.6. The minimum Gasteiger partial charge on any atom is -0.462 e. The Labute approximate surface area is 519 Å². The topological polar surface area (TPSA) is 78.9 Å². The Morgan fingerprint density at radius 1 is 0.229 bits per heavy atom. The van der Waals surface area contributed by atoms with Crippen molar-refractivity contribution < 1.29 is 28.6 Å². The zero-order valence-corrected chi connectivity index (χ0v) is 56.5. The molecule has 0 saturated heterocycles. The molecule has 0 rings (SSSR count). The lowest BCUT2D eigenvalue weighted by molar-refractivity contribution is -0.167. The SMILES string of the molecule is CCCCCCCC/C=C\CCCCCCCC(=O)OCC(COC(=O)CCCCCCCCCCCCCCCCCCCCCCCCCCCCCCCCCC)OC(=O)CCCCCCCCC/C=C\CCCCCCCCC. The van der Waals surface area contributed by atoms with Gasteiger partial charge in [0.25, 0.3) is 0 Å². The van der Waals surface area contributed by atoms with Crippen molar-refractivity contribution in [3.8, 4) is 0 Å². The first-order chi connectivity index (χ1) is 41.0. The molecule has 0 fully saturated rings. The van der Waals surface area contributed by atoms with Crippen LogP contribution in [0.25, 0.3) is 0 Å². The van der Waals surface area contributed by atoms with Gasteiger partial charge < -0.3 is 14.2 Å². The van der Waals surface area contributed by atoms with E-state index in [1.807, 2.05) is 0 Å². The lowest BCUT2D eigenvalue weighted by Gasteiger charge is -2.18. The molecule has 1 unspecified atom stereocenters. The van der Waals surface area contributed by atoms with E-state index < -0.39 is 6.10 Å². The average molecular weight is 1170 g/mol. The Morgan fingerprint density at radius 3 is 0.602 bits per heavy atom. The van der Waals surface area contributed by atoms with Crippen molar-refractivity contribution in [3.63, 3.8) is 0 Å². The Balaban J connectivity index is 4.14. The van der Waals surface area contributed by atoms with Gasteiger partial charge in [0.15, 0.2) is 6.10 Å². The molecule has 6 nitrogen and oxygen atoms in total. The Bertz CT molecular complexity index is 1340. The van der Waals surface area contributed by atoms with Gasteiger partial charge in [0, 0.05) is 19.3 Å². The van der Waals surface area contributed by atoms with Crippen molar-refractivity contribution in [2.75, 3.05) is 13.2 Å². The van der Waals surface area contributed by atoms with Crippen LogP contribution >= 0.6 is 0 Å². The molecule has 0 aliphatic rings. The summed E-state index contributed by atoms with van der Waals surface area (Å²) in [6.45, 7) is 6.71. The molecule has 1 atom stereocenters. The number of esters is 3. The first kappa shape index (κ1) is 80.9. The molecule has 490 valence electrons. The molecule has 0 aliphatic heterocycles. The fraction of sp³-hybridized carbons (Fsp3) is 0.909. The maximum absolute atomic E-state index is 13.0. The van der Waals surface area contributed by atoms with E-state index in [-0.39, 0.29) is 31.1 Å². The highest BCUT2D eigenvalue weighted by Gasteiger charge is 2.20. The van der Waals surface area contributed by atoms with Crippen molar-refractivity contribution >= 4 is 17.9 Å². The van der Waals surface area contributed by atoms with Crippen LogP contribution in [0, 0.1) is 0 Å². The highest BCUT2D eigenvalue weighted by molar-refractivity contribution is 5.71. The van der Waals surface area contributed by atoms with Crippen molar-refractivity contribution in [1.82, 2.24) is 0 Å². The van der Waals surface area contributed by atoms with E-state index in [0.717, 1.165) is 64.2 Å². The van der Waals surface area contributed by atoms with E-state index in [2.05, 4.69) is 45.1 Å². The number of ether oxygens (including phenoxy) is 3. The van der Waals surface area contributed by atoms with Crippen LogP contribution in [0.1, 0.15) is 432 Å². The molecular weight excluding hydrogens is 1020 g/mol. The second-order valence-electron chi connectivity index (χ2n) is 25.9. The Kier molecular flexibility index (Phi) is 70.5. The van der Waals surface area contributed by atoms with Gasteiger partial charge >= 0.3 is 17.9 Å². The largest absolute Gasteiger partial charge is 0.462 e. The number of rotatable bonds is 71. The Morgan fingerprint density at radius 2 is 0.398 bits per heavy atom. The van der Waals surface area contributed by atoms with Crippen molar-refractivity contribution in [1.29, 1.82) is 0 Å². The van der Waals surface area contributed by atoms with Gasteiger partial charge in [-0.15, -0.1) is 0 Å². The van der Waals surface area contributed by atoms with E-state index in [1.165, 1.54) is 327 Å². The van der Waals surface area contributed by atoms with Gasteiger partial charge in [-0.2, -0.15) is 0 Å². The van der Waals surface area contributed by atoms with E-state index >= 15 is 0 Å². The number of hydrogen-bond acceptors (Lipinski definition) is 6. The van der Waals surface area contributed by atoms with Crippen LogP contribution in [0.4, 0.5) is 0 Å². The van der Waals surface area contributed by atoms with E-state index in [4.69, 9.17) is 14.2 Å². The molecule has 0 heterocycles. The summed E-state index contributed by atoms with van der Waals surface area (Å²) in [7, 11) is 0. The molecule has 0 saturated carbocycles. The lowest BCUT2D eigenvalue weighted by atomic mass is 10.0. The maximum atomic E-state index is 13.0. The lowest BCUT2D eigenvalue weighted by Crippen LogP contribution is -2.30. The van der Waals surface area contributed by atoms with Crippen LogP contribution in [0.3, 0.4) is 0 Å². The van der Waals surface area contributed by atoms with Gasteiger partial charge in [-0.05, 0) is 70.6 Å². The number of carbonyl (C=O) groups is 3. The summed E-state index contributed by atoms with van der Waals surface area (Å²) >= 11 is 0. The van der Waals surface area contributed by atoms with Crippen molar-refractivity contribution in [2.45, 2.75) is 438 Å². The van der Waals surface area contributed by atoms with Crippen molar-refractivity contribution in [2.24, 2.45) is 0 Å². The smallest absolute Gasteiger partial charge is 0.306 e. The number of carbonyl (C=O) groups excluding carboxylic acids is 3. The second-order valence-corrected chi connectivity index (χ2v) is 25.9. The normalized spacial score (nSPS) is 12.1. The third kappa shape index (κ3) is 70.5. The van der Waals surface area contributed by atoms with Gasteiger partial charge in [-0.3, -0.25) is 14.4 Å². The summed E-state index contributed by atoms with van der Waals surface area (Å²) in [6, 6.07) is 0. The summed E-state index contributed by atoms with van der Waals surface area (Å²) in [5, 5.41) is 0. The fourth-order valence-electron chi connectivity index (χ4n) is 11.7. The molecule has 0 aromatic heterocycles. The summed E-state index contributed by atoms with van der Waals surface area (Å²) < 4.78 is 17.0. The molecule has 0 radical (unpaired) electrons. The second kappa shape index (κ2) is 72.4. The van der Waals surface area contributed by atoms with E-state index in [1.54, 1.807) is 0 Å². The molecule has 0 N–H and O–H groups in total. The summed E-state index contributed by atoms with van der Waals surface area (Å²) in [6.07, 6.45) is 89.5. The van der Waals surface area contributed by atoms with Crippen LogP contribution in [0.2, 0.25) is 0 Å². The summed E-state index contributed by atoms with van der Waals surface area (Å²) in [4.78, 5) is 38.5. The molecule has 6 heteroatoms. The number of hydrogen-bond donors (Lipinski definition) is 0. The van der Waals surface area contributed by atoms with Crippen molar-refractivity contribution in [3.05, 3.63) is 24.3 Å². The molecule has 0 spiro atoms. The van der Waals surface area contributed by atoms with Gasteiger partial charge in [0.2, 0.25) is 0 Å². The quantitative estimate of drug-likeness (QED) is 0.0261.